The molecule has 0 aliphatic carbocycles. The van der Waals surface area contributed by atoms with Crippen LogP contribution in [0.2, 0.25) is 5.02 Å². The summed E-state index contributed by atoms with van der Waals surface area (Å²) in [6.07, 6.45) is 1.01. The first-order valence-electron chi connectivity index (χ1n) is 6.12. The number of rotatable bonds is 5. The van der Waals surface area contributed by atoms with Gasteiger partial charge in [0.25, 0.3) is 0 Å². The number of hydrogen-bond acceptors (Lipinski definition) is 3. The molecule has 2 aromatic rings. The maximum absolute atomic E-state index is 13.6. The van der Waals surface area contributed by atoms with Crippen LogP contribution in [0.3, 0.4) is 0 Å². The topological polar surface area (TPSA) is 37.0 Å². The first-order valence-corrected chi connectivity index (χ1v) is 6.50. The molecule has 2 rings (SSSR count). The first kappa shape index (κ1) is 13.6. The molecule has 1 heterocycles. The van der Waals surface area contributed by atoms with E-state index in [2.05, 4.69) is 22.5 Å². The third-order valence-corrected chi connectivity index (χ3v) is 2.84. The third kappa shape index (κ3) is 3.58. The number of halogens is 2. The molecule has 1 aromatic carbocycles. The average Bonchev–Trinajstić information content (AvgIpc) is 2.41. The number of aromatic nitrogens is 1. The lowest BCUT2D eigenvalue weighted by Crippen LogP contribution is -2.03. The molecule has 19 heavy (non-hydrogen) atoms. The molecule has 0 fully saturated rings. The van der Waals surface area contributed by atoms with Crippen molar-refractivity contribution in [2.24, 2.45) is 0 Å². The molecule has 0 amide bonds. The normalized spacial score (nSPS) is 10.3. The quantitative estimate of drug-likeness (QED) is 0.849. The van der Waals surface area contributed by atoms with Crippen LogP contribution in [0, 0.1) is 5.82 Å². The first-order chi connectivity index (χ1) is 9.20. The van der Waals surface area contributed by atoms with Gasteiger partial charge >= 0.3 is 0 Å². The van der Waals surface area contributed by atoms with Crippen molar-refractivity contribution >= 4 is 28.9 Å². The molecular formula is C14H15ClFN3. The Bertz CT molecular complexity index is 540. The lowest BCUT2D eigenvalue weighted by atomic mass is 10.3. The van der Waals surface area contributed by atoms with E-state index >= 15 is 0 Å². The number of nitrogens with zero attached hydrogens (tertiary/aromatic N) is 1. The largest absolute Gasteiger partial charge is 0.370 e. The molecule has 0 bridgehead atoms. The molecule has 0 unspecified atom stereocenters. The molecule has 5 heteroatoms. The number of para-hydroxylation sites is 1. The highest BCUT2D eigenvalue weighted by Crippen LogP contribution is 2.27. The minimum Gasteiger partial charge on any atom is -0.370 e. The Labute approximate surface area is 116 Å². The van der Waals surface area contributed by atoms with Crippen molar-refractivity contribution in [2.45, 2.75) is 13.3 Å². The van der Waals surface area contributed by atoms with Gasteiger partial charge < -0.3 is 10.6 Å². The molecule has 0 aliphatic rings. The van der Waals surface area contributed by atoms with E-state index in [1.54, 1.807) is 18.2 Å². The summed E-state index contributed by atoms with van der Waals surface area (Å²) in [5.74, 6) is 0.897. The van der Waals surface area contributed by atoms with Crippen LogP contribution >= 0.6 is 11.6 Å². The third-order valence-electron chi connectivity index (χ3n) is 2.52. The number of nitrogens with one attached hydrogen (secondary N) is 2. The fourth-order valence-corrected chi connectivity index (χ4v) is 1.81. The van der Waals surface area contributed by atoms with Crippen molar-refractivity contribution in [1.29, 1.82) is 0 Å². The van der Waals surface area contributed by atoms with Gasteiger partial charge in [-0.3, -0.25) is 0 Å². The summed E-state index contributed by atoms with van der Waals surface area (Å²) >= 11 is 5.96. The maximum Gasteiger partial charge on any atom is 0.148 e. The van der Waals surface area contributed by atoms with Crippen molar-refractivity contribution < 1.29 is 4.39 Å². The fraction of sp³-hybridized carbons (Fsp3) is 0.214. The van der Waals surface area contributed by atoms with Crippen LogP contribution in [0.4, 0.5) is 21.7 Å². The second kappa shape index (κ2) is 6.38. The zero-order valence-corrected chi connectivity index (χ0v) is 11.3. The standard InChI is InChI=1S/C14H15ClFN3/c1-2-9-17-12-7-4-8-13(18-12)19-14-10(15)5-3-6-11(14)16/h3-8H,2,9H2,1H3,(H2,17,18,19). The van der Waals surface area contributed by atoms with E-state index in [1.165, 1.54) is 6.07 Å². The van der Waals surface area contributed by atoms with Crippen LogP contribution in [0.15, 0.2) is 36.4 Å². The van der Waals surface area contributed by atoms with Crippen LogP contribution in [0.1, 0.15) is 13.3 Å². The van der Waals surface area contributed by atoms with Gasteiger partial charge in [-0.2, -0.15) is 0 Å². The monoisotopic (exact) mass is 279 g/mol. The van der Waals surface area contributed by atoms with Gasteiger partial charge in [0, 0.05) is 6.54 Å². The highest BCUT2D eigenvalue weighted by atomic mass is 35.5. The Kier molecular flexibility index (Phi) is 4.58. The van der Waals surface area contributed by atoms with Gasteiger partial charge in [-0.05, 0) is 30.7 Å². The lowest BCUT2D eigenvalue weighted by molar-refractivity contribution is 0.632. The van der Waals surface area contributed by atoms with E-state index in [1.807, 2.05) is 12.1 Å². The Hall–Kier alpha value is -1.81. The van der Waals surface area contributed by atoms with E-state index in [-0.39, 0.29) is 5.69 Å². The number of anilines is 3. The summed E-state index contributed by atoms with van der Waals surface area (Å²) in [5, 5.41) is 6.40. The predicted octanol–water partition coefficient (Wildman–Crippen LogP) is 4.44. The SMILES string of the molecule is CCCNc1cccc(Nc2c(F)cccc2Cl)n1. The molecule has 0 saturated heterocycles. The summed E-state index contributed by atoms with van der Waals surface area (Å²) in [7, 11) is 0. The van der Waals surface area contributed by atoms with E-state index in [0.717, 1.165) is 18.8 Å². The molecular weight excluding hydrogens is 265 g/mol. The van der Waals surface area contributed by atoms with Crippen molar-refractivity contribution in [3.05, 3.63) is 47.2 Å². The molecule has 1 aromatic heterocycles. The molecule has 100 valence electrons. The Morgan fingerprint density at radius 3 is 2.63 bits per heavy atom. The van der Waals surface area contributed by atoms with Crippen molar-refractivity contribution in [2.75, 3.05) is 17.2 Å². The number of benzene rings is 1. The lowest BCUT2D eigenvalue weighted by Gasteiger charge is -2.10. The summed E-state index contributed by atoms with van der Waals surface area (Å²) < 4.78 is 13.6. The highest BCUT2D eigenvalue weighted by molar-refractivity contribution is 6.33. The molecule has 2 N–H and O–H groups in total. The summed E-state index contributed by atoms with van der Waals surface area (Å²) in [5.41, 5.74) is 0.240. The molecule has 0 aliphatic heterocycles. The summed E-state index contributed by atoms with van der Waals surface area (Å²) in [4.78, 5) is 4.34. The average molecular weight is 280 g/mol. The zero-order chi connectivity index (χ0) is 13.7. The maximum atomic E-state index is 13.6. The van der Waals surface area contributed by atoms with Gasteiger partial charge in [0.15, 0.2) is 0 Å². The molecule has 0 saturated carbocycles. The Morgan fingerprint density at radius 1 is 1.16 bits per heavy atom. The van der Waals surface area contributed by atoms with Crippen LogP contribution in [0.5, 0.6) is 0 Å². The number of pyridine rings is 1. The van der Waals surface area contributed by atoms with Crippen LogP contribution in [0.25, 0.3) is 0 Å². The van der Waals surface area contributed by atoms with Crippen molar-refractivity contribution in [3.8, 4) is 0 Å². The van der Waals surface area contributed by atoms with E-state index in [0.29, 0.717) is 10.8 Å². The van der Waals surface area contributed by atoms with Gasteiger partial charge in [-0.15, -0.1) is 0 Å². The van der Waals surface area contributed by atoms with Crippen molar-refractivity contribution in [1.82, 2.24) is 4.98 Å². The van der Waals surface area contributed by atoms with Gasteiger partial charge in [0.05, 0.1) is 10.7 Å². The smallest absolute Gasteiger partial charge is 0.148 e. The van der Waals surface area contributed by atoms with Gasteiger partial charge in [-0.25, -0.2) is 9.37 Å². The van der Waals surface area contributed by atoms with Gasteiger partial charge in [0.1, 0.15) is 17.5 Å². The summed E-state index contributed by atoms with van der Waals surface area (Å²) in [6, 6.07) is 10.0. The van der Waals surface area contributed by atoms with E-state index in [9.17, 15) is 4.39 Å². The molecule has 3 nitrogen and oxygen atoms in total. The minimum atomic E-state index is -0.402. The Balaban J connectivity index is 2.19. The van der Waals surface area contributed by atoms with Crippen LogP contribution in [-0.4, -0.2) is 11.5 Å². The second-order valence-electron chi connectivity index (χ2n) is 4.06. The van der Waals surface area contributed by atoms with Gasteiger partial charge in [-0.1, -0.05) is 30.7 Å². The van der Waals surface area contributed by atoms with E-state index in [4.69, 9.17) is 11.6 Å². The molecule has 0 atom stereocenters. The predicted molar refractivity (Wildman–Crippen MR) is 77.7 cm³/mol. The van der Waals surface area contributed by atoms with Gasteiger partial charge in [0.2, 0.25) is 0 Å². The molecule has 0 radical (unpaired) electrons. The Morgan fingerprint density at radius 2 is 1.89 bits per heavy atom. The summed E-state index contributed by atoms with van der Waals surface area (Å²) in [6.45, 7) is 2.92. The zero-order valence-electron chi connectivity index (χ0n) is 10.6. The minimum absolute atomic E-state index is 0.240. The fourth-order valence-electron chi connectivity index (χ4n) is 1.60. The van der Waals surface area contributed by atoms with Crippen LogP contribution < -0.4 is 10.6 Å². The highest BCUT2D eigenvalue weighted by Gasteiger charge is 2.07. The van der Waals surface area contributed by atoms with Crippen molar-refractivity contribution in [3.63, 3.8) is 0 Å². The second-order valence-corrected chi connectivity index (χ2v) is 4.46. The number of hydrogen-bond donors (Lipinski definition) is 2. The van der Waals surface area contributed by atoms with E-state index < -0.39 is 5.82 Å². The molecule has 0 spiro atoms. The van der Waals surface area contributed by atoms with Crippen LogP contribution in [-0.2, 0) is 0 Å².